The Balaban J connectivity index is 1.36. The average molecular weight is 763 g/mol. The number of benzene rings is 10. The van der Waals surface area contributed by atoms with Crippen molar-refractivity contribution < 1.29 is 0 Å². The fraction of sp³-hybridized carbons (Fsp3) is 0. The van der Waals surface area contributed by atoms with Crippen molar-refractivity contribution in [3.05, 3.63) is 206 Å². The lowest BCUT2D eigenvalue weighted by molar-refractivity contribution is 0.998. The van der Waals surface area contributed by atoms with Crippen LogP contribution in [-0.4, -0.2) is 19.1 Å². The van der Waals surface area contributed by atoms with Gasteiger partial charge in [-0.05, 0) is 56.6 Å². The molecule has 60 heavy (non-hydrogen) atoms. The molecule has 0 aliphatic heterocycles. The number of fused-ring (bicyclic) bond motifs is 17. The first-order valence-electron chi connectivity index (χ1n) is 20.5. The summed E-state index contributed by atoms with van der Waals surface area (Å²) in [6.45, 7) is 0. The lowest BCUT2D eigenvalue weighted by atomic mass is 9.89. The monoisotopic (exact) mass is 762 g/mol. The fourth-order valence-electron chi connectivity index (χ4n) is 10.0. The zero-order valence-electron chi connectivity index (χ0n) is 32.4. The van der Waals surface area contributed by atoms with Crippen LogP contribution in [0, 0.1) is 0 Å². The maximum absolute atomic E-state index is 5.61. The number of rotatable bonds is 4. The SMILES string of the molecule is c1ccc(-c2cc(-c3ccccc3)nc(-n3c4c(c5ccccc5c5c6ccccc6c6ccccc6c54)c4ccc5c6ccccc6n(-c6ccccc6)c5c43)n2)cc1. The van der Waals surface area contributed by atoms with Crippen molar-refractivity contribution in [2.45, 2.75) is 0 Å². The molecular formula is C56H34N4. The van der Waals surface area contributed by atoms with Crippen LogP contribution in [0.15, 0.2) is 206 Å². The van der Waals surface area contributed by atoms with Crippen LogP contribution in [0.1, 0.15) is 0 Å². The molecule has 0 atom stereocenters. The third-order valence-electron chi connectivity index (χ3n) is 12.5. The van der Waals surface area contributed by atoms with Gasteiger partial charge in [-0.25, -0.2) is 9.97 Å². The van der Waals surface area contributed by atoms with E-state index in [1.165, 1.54) is 59.2 Å². The summed E-state index contributed by atoms with van der Waals surface area (Å²) >= 11 is 0. The van der Waals surface area contributed by atoms with Crippen molar-refractivity contribution in [1.82, 2.24) is 19.1 Å². The minimum Gasteiger partial charge on any atom is -0.307 e. The van der Waals surface area contributed by atoms with E-state index in [1.54, 1.807) is 0 Å². The second-order valence-corrected chi connectivity index (χ2v) is 15.7. The summed E-state index contributed by atoms with van der Waals surface area (Å²) in [5.74, 6) is 0.626. The van der Waals surface area contributed by atoms with E-state index in [1.807, 2.05) is 0 Å². The van der Waals surface area contributed by atoms with Gasteiger partial charge in [0.25, 0.3) is 0 Å². The maximum atomic E-state index is 5.61. The van der Waals surface area contributed by atoms with Crippen LogP contribution in [0.4, 0.5) is 0 Å². The van der Waals surface area contributed by atoms with Crippen LogP contribution in [0.25, 0.3) is 121 Å². The van der Waals surface area contributed by atoms with E-state index in [9.17, 15) is 0 Å². The average Bonchev–Trinajstić information content (AvgIpc) is 3.86. The molecule has 0 aliphatic rings. The topological polar surface area (TPSA) is 35.6 Å². The molecule has 278 valence electrons. The molecule has 0 aliphatic carbocycles. The highest BCUT2D eigenvalue weighted by Gasteiger charge is 2.27. The molecule has 13 rings (SSSR count). The summed E-state index contributed by atoms with van der Waals surface area (Å²) in [5.41, 5.74) is 9.35. The van der Waals surface area contributed by atoms with Crippen LogP contribution in [0.2, 0.25) is 0 Å². The van der Waals surface area contributed by atoms with Crippen LogP contribution in [0.5, 0.6) is 0 Å². The van der Waals surface area contributed by atoms with E-state index in [4.69, 9.17) is 9.97 Å². The number of hydrogen-bond acceptors (Lipinski definition) is 2. The van der Waals surface area contributed by atoms with Crippen LogP contribution >= 0.6 is 0 Å². The second kappa shape index (κ2) is 12.7. The number of aromatic nitrogens is 4. The Morgan fingerprint density at radius 2 is 0.717 bits per heavy atom. The molecule has 4 heteroatoms. The number of para-hydroxylation sites is 2. The summed E-state index contributed by atoms with van der Waals surface area (Å²) in [6.07, 6.45) is 0. The van der Waals surface area contributed by atoms with E-state index in [0.717, 1.165) is 55.7 Å². The van der Waals surface area contributed by atoms with Gasteiger partial charge in [-0.15, -0.1) is 0 Å². The van der Waals surface area contributed by atoms with Gasteiger partial charge in [-0.1, -0.05) is 182 Å². The maximum Gasteiger partial charge on any atom is 0.235 e. The molecule has 0 saturated heterocycles. The molecule has 0 N–H and O–H groups in total. The molecule has 0 spiro atoms. The normalized spacial score (nSPS) is 12.0. The van der Waals surface area contributed by atoms with Gasteiger partial charge in [0.2, 0.25) is 5.95 Å². The van der Waals surface area contributed by atoms with Gasteiger partial charge in [0.15, 0.2) is 0 Å². The van der Waals surface area contributed by atoms with E-state index < -0.39 is 0 Å². The molecule has 3 aromatic heterocycles. The van der Waals surface area contributed by atoms with Crippen molar-refractivity contribution in [3.63, 3.8) is 0 Å². The standard InChI is InChI=1S/C56H34N4/c1-4-18-35(19-5-1)47-34-48(36-20-6-2-7-21-36)58-56(57-47)60-54-46(33-32-45-40-26-16-17-31-49(40)59(53(45)54)37-22-8-3-9-23-37)51-44-30-15-14-29-43(44)50-41-27-12-10-24-38(41)39-25-11-13-28-42(39)52(50)55(51)60/h1-34H. The van der Waals surface area contributed by atoms with Crippen molar-refractivity contribution in [2.24, 2.45) is 0 Å². The molecule has 3 heterocycles. The first kappa shape index (κ1) is 32.9. The van der Waals surface area contributed by atoms with Crippen LogP contribution in [0.3, 0.4) is 0 Å². The Bertz CT molecular complexity index is 3810. The second-order valence-electron chi connectivity index (χ2n) is 15.7. The van der Waals surface area contributed by atoms with Gasteiger partial charge in [0, 0.05) is 49.1 Å². The molecule has 10 aromatic carbocycles. The van der Waals surface area contributed by atoms with Gasteiger partial charge in [-0.2, -0.15) is 0 Å². The summed E-state index contributed by atoms with van der Waals surface area (Å²) in [7, 11) is 0. The van der Waals surface area contributed by atoms with E-state index in [-0.39, 0.29) is 0 Å². The van der Waals surface area contributed by atoms with Gasteiger partial charge in [0.1, 0.15) is 0 Å². The third kappa shape index (κ3) is 4.61. The highest BCUT2D eigenvalue weighted by atomic mass is 15.2. The molecule has 13 aromatic rings. The van der Waals surface area contributed by atoms with Gasteiger partial charge in [0.05, 0.1) is 33.5 Å². The summed E-state index contributed by atoms with van der Waals surface area (Å²) in [5, 5.41) is 14.5. The van der Waals surface area contributed by atoms with Crippen molar-refractivity contribution in [2.75, 3.05) is 0 Å². The quantitative estimate of drug-likeness (QED) is 0.167. The highest BCUT2D eigenvalue weighted by Crippen LogP contribution is 2.49. The van der Waals surface area contributed by atoms with Crippen molar-refractivity contribution >= 4 is 86.7 Å². The van der Waals surface area contributed by atoms with E-state index >= 15 is 0 Å². The molecule has 0 amide bonds. The van der Waals surface area contributed by atoms with E-state index in [2.05, 4.69) is 215 Å². The van der Waals surface area contributed by atoms with Gasteiger partial charge < -0.3 is 4.57 Å². The Labute approximate surface area is 344 Å². The van der Waals surface area contributed by atoms with E-state index in [0.29, 0.717) is 5.95 Å². The minimum atomic E-state index is 0.626. The molecule has 4 nitrogen and oxygen atoms in total. The first-order valence-corrected chi connectivity index (χ1v) is 20.5. The smallest absolute Gasteiger partial charge is 0.235 e. The molecule has 0 radical (unpaired) electrons. The van der Waals surface area contributed by atoms with Crippen molar-refractivity contribution in [3.8, 4) is 34.2 Å². The summed E-state index contributed by atoms with van der Waals surface area (Å²) < 4.78 is 4.86. The largest absolute Gasteiger partial charge is 0.307 e. The zero-order chi connectivity index (χ0) is 39.3. The molecule has 0 fully saturated rings. The number of hydrogen-bond donors (Lipinski definition) is 0. The minimum absolute atomic E-state index is 0.626. The predicted molar refractivity (Wildman–Crippen MR) is 252 cm³/mol. The molecule has 0 bridgehead atoms. The lowest BCUT2D eigenvalue weighted by Crippen LogP contribution is -2.05. The Hall–Kier alpha value is -8.08. The Morgan fingerprint density at radius 1 is 0.283 bits per heavy atom. The fourth-order valence-corrected chi connectivity index (χ4v) is 10.0. The lowest BCUT2D eigenvalue weighted by Gasteiger charge is -2.17. The molecule has 0 saturated carbocycles. The zero-order valence-corrected chi connectivity index (χ0v) is 32.4. The predicted octanol–water partition coefficient (Wildman–Crippen LogP) is 14.6. The Kier molecular flexibility index (Phi) is 6.98. The summed E-state index contributed by atoms with van der Waals surface area (Å²) in [4.78, 5) is 11.2. The Morgan fingerprint density at radius 3 is 1.32 bits per heavy atom. The molecular weight excluding hydrogens is 729 g/mol. The van der Waals surface area contributed by atoms with Crippen LogP contribution in [-0.2, 0) is 0 Å². The summed E-state index contributed by atoms with van der Waals surface area (Å²) in [6, 6.07) is 74.1. The molecule has 0 unspecified atom stereocenters. The van der Waals surface area contributed by atoms with Gasteiger partial charge in [-0.3, -0.25) is 4.57 Å². The van der Waals surface area contributed by atoms with Crippen molar-refractivity contribution in [1.29, 1.82) is 0 Å². The highest BCUT2D eigenvalue weighted by molar-refractivity contribution is 6.43. The van der Waals surface area contributed by atoms with Gasteiger partial charge >= 0.3 is 0 Å². The third-order valence-corrected chi connectivity index (χ3v) is 12.5. The number of nitrogens with zero attached hydrogens (tertiary/aromatic N) is 4. The first-order chi connectivity index (χ1) is 29.8. The van der Waals surface area contributed by atoms with Crippen LogP contribution < -0.4 is 0 Å².